The number of primary amides is 1. The van der Waals surface area contributed by atoms with E-state index in [0.717, 1.165) is 12.8 Å². The molecule has 0 unspecified atom stereocenters. The van der Waals surface area contributed by atoms with E-state index in [2.05, 4.69) is 13.8 Å². The molecule has 1 aromatic rings. The molecule has 2 N–H and O–H groups in total. The van der Waals surface area contributed by atoms with Gasteiger partial charge in [-0.15, -0.1) is 0 Å². The second-order valence-corrected chi connectivity index (χ2v) is 5.22. The van der Waals surface area contributed by atoms with Gasteiger partial charge in [0.05, 0.1) is 12.7 Å². The van der Waals surface area contributed by atoms with Gasteiger partial charge in [-0.25, -0.2) is 0 Å². The standard InChI is InChI=1S/C16H25NO3/c1-5-12(6-2)10-19-14-7-13(16(17)18)8-15(9-14)20-11(3)4/h7-9,11-12H,5-6,10H2,1-4H3,(H2,17,18). The molecule has 0 saturated heterocycles. The molecule has 4 nitrogen and oxygen atoms in total. The number of benzene rings is 1. The fourth-order valence-electron chi connectivity index (χ4n) is 1.88. The maximum Gasteiger partial charge on any atom is 0.248 e. The normalized spacial score (nSPS) is 10.9. The molecule has 20 heavy (non-hydrogen) atoms. The van der Waals surface area contributed by atoms with Gasteiger partial charge in [-0.3, -0.25) is 4.79 Å². The molecule has 0 bridgehead atoms. The highest BCUT2D eigenvalue weighted by molar-refractivity contribution is 5.93. The van der Waals surface area contributed by atoms with Gasteiger partial charge in [0.2, 0.25) is 5.91 Å². The quantitative estimate of drug-likeness (QED) is 0.793. The summed E-state index contributed by atoms with van der Waals surface area (Å²) in [6.45, 7) is 8.79. The molecule has 1 aromatic carbocycles. The number of carbonyl (C=O) groups excluding carboxylic acids is 1. The van der Waals surface area contributed by atoms with Crippen molar-refractivity contribution in [3.05, 3.63) is 23.8 Å². The third-order valence-electron chi connectivity index (χ3n) is 3.18. The Kier molecular flexibility index (Phi) is 6.36. The maximum absolute atomic E-state index is 11.4. The van der Waals surface area contributed by atoms with Crippen LogP contribution in [0.1, 0.15) is 50.9 Å². The lowest BCUT2D eigenvalue weighted by Gasteiger charge is -2.16. The molecule has 0 aliphatic rings. The first-order chi connectivity index (χ1) is 9.46. The minimum Gasteiger partial charge on any atom is -0.493 e. The summed E-state index contributed by atoms with van der Waals surface area (Å²) in [5.74, 6) is 1.27. The van der Waals surface area contributed by atoms with Gasteiger partial charge >= 0.3 is 0 Å². The van der Waals surface area contributed by atoms with E-state index in [-0.39, 0.29) is 6.10 Å². The van der Waals surface area contributed by atoms with Crippen molar-refractivity contribution in [1.82, 2.24) is 0 Å². The van der Waals surface area contributed by atoms with Crippen molar-refractivity contribution in [2.75, 3.05) is 6.61 Å². The molecule has 4 heteroatoms. The lowest BCUT2D eigenvalue weighted by atomic mass is 10.1. The molecule has 0 aromatic heterocycles. The largest absolute Gasteiger partial charge is 0.493 e. The zero-order valence-electron chi connectivity index (χ0n) is 12.8. The predicted molar refractivity (Wildman–Crippen MR) is 80.3 cm³/mol. The molecule has 0 heterocycles. The Morgan fingerprint density at radius 3 is 2.25 bits per heavy atom. The van der Waals surface area contributed by atoms with Crippen molar-refractivity contribution in [2.45, 2.75) is 46.6 Å². The third-order valence-corrected chi connectivity index (χ3v) is 3.18. The Hall–Kier alpha value is -1.71. The number of amides is 1. The van der Waals surface area contributed by atoms with Crippen molar-refractivity contribution in [2.24, 2.45) is 11.7 Å². The van der Waals surface area contributed by atoms with Crippen LogP contribution in [0.3, 0.4) is 0 Å². The van der Waals surface area contributed by atoms with Crippen LogP contribution in [0.4, 0.5) is 0 Å². The van der Waals surface area contributed by atoms with E-state index in [1.807, 2.05) is 13.8 Å². The molecule has 0 aliphatic carbocycles. The summed E-state index contributed by atoms with van der Waals surface area (Å²) < 4.78 is 11.4. The molecule has 0 fully saturated rings. The Morgan fingerprint density at radius 1 is 1.15 bits per heavy atom. The number of hydrogen-bond donors (Lipinski definition) is 1. The van der Waals surface area contributed by atoms with E-state index in [9.17, 15) is 4.79 Å². The molecule has 1 rings (SSSR count). The highest BCUT2D eigenvalue weighted by atomic mass is 16.5. The van der Waals surface area contributed by atoms with Crippen molar-refractivity contribution >= 4 is 5.91 Å². The van der Waals surface area contributed by atoms with Crippen LogP contribution in [0.25, 0.3) is 0 Å². The highest BCUT2D eigenvalue weighted by Crippen LogP contribution is 2.24. The molecular weight excluding hydrogens is 254 g/mol. The summed E-state index contributed by atoms with van der Waals surface area (Å²) in [6.07, 6.45) is 2.17. The fraction of sp³-hybridized carbons (Fsp3) is 0.562. The predicted octanol–water partition coefficient (Wildman–Crippen LogP) is 3.39. The number of ether oxygens (including phenoxy) is 2. The van der Waals surface area contributed by atoms with Crippen LogP contribution < -0.4 is 15.2 Å². The second kappa shape index (κ2) is 7.78. The van der Waals surface area contributed by atoms with Gasteiger partial charge in [0.15, 0.2) is 0 Å². The average Bonchev–Trinajstić information content (AvgIpc) is 2.38. The maximum atomic E-state index is 11.4. The number of nitrogens with two attached hydrogens (primary N) is 1. The zero-order chi connectivity index (χ0) is 15.1. The molecule has 112 valence electrons. The summed E-state index contributed by atoms with van der Waals surface area (Å²) in [7, 11) is 0. The molecule has 0 aliphatic heterocycles. The molecule has 0 saturated carbocycles. The monoisotopic (exact) mass is 279 g/mol. The first kappa shape index (κ1) is 16.3. The Bertz CT molecular complexity index is 439. The van der Waals surface area contributed by atoms with Crippen LogP contribution in [0.15, 0.2) is 18.2 Å². The summed E-state index contributed by atoms with van der Waals surface area (Å²) in [5, 5.41) is 0. The van der Waals surface area contributed by atoms with Crippen LogP contribution in [-0.4, -0.2) is 18.6 Å². The molecule has 0 atom stereocenters. The van der Waals surface area contributed by atoms with E-state index in [0.29, 0.717) is 29.6 Å². The summed E-state index contributed by atoms with van der Waals surface area (Å²) in [5.41, 5.74) is 5.75. The second-order valence-electron chi connectivity index (χ2n) is 5.22. The summed E-state index contributed by atoms with van der Waals surface area (Å²) >= 11 is 0. The summed E-state index contributed by atoms with van der Waals surface area (Å²) in [6, 6.07) is 5.11. The molecule has 1 amide bonds. The van der Waals surface area contributed by atoms with Crippen molar-refractivity contribution in [3.63, 3.8) is 0 Å². The first-order valence-corrected chi connectivity index (χ1v) is 7.20. The van der Waals surface area contributed by atoms with Gasteiger partial charge < -0.3 is 15.2 Å². The van der Waals surface area contributed by atoms with E-state index in [4.69, 9.17) is 15.2 Å². The molecular formula is C16H25NO3. The fourth-order valence-corrected chi connectivity index (χ4v) is 1.88. The number of rotatable bonds is 8. The Balaban J connectivity index is 2.88. The molecule has 0 radical (unpaired) electrons. The zero-order valence-corrected chi connectivity index (χ0v) is 12.8. The first-order valence-electron chi connectivity index (χ1n) is 7.20. The topological polar surface area (TPSA) is 61.6 Å². The van der Waals surface area contributed by atoms with Crippen LogP contribution in [0.5, 0.6) is 11.5 Å². The van der Waals surface area contributed by atoms with Crippen molar-refractivity contribution in [3.8, 4) is 11.5 Å². The summed E-state index contributed by atoms with van der Waals surface area (Å²) in [4.78, 5) is 11.4. The van der Waals surface area contributed by atoms with Crippen LogP contribution in [0, 0.1) is 5.92 Å². The Labute approximate surface area is 121 Å². The van der Waals surface area contributed by atoms with E-state index in [1.54, 1.807) is 18.2 Å². The lowest BCUT2D eigenvalue weighted by molar-refractivity contribution is 0.0999. The van der Waals surface area contributed by atoms with Crippen molar-refractivity contribution < 1.29 is 14.3 Å². The van der Waals surface area contributed by atoms with Gasteiger partial charge in [-0.1, -0.05) is 26.7 Å². The molecule has 0 spiro atoms. The minimum atomic E-state index is -0.480. The van der Waals surface area contributed by atoms with Crippen LogP contribution in [-0.2, 0) is 0 Å². The SMILES string of the molecule is CCC(CC)COc1cc(OC(C)C)cc(C(N)=O)c1. The van der Waals surface area contributed by atoms with E-state index in [1.165, 1.54) is 0 Å². The highest BCUT2D eigenvalue weighted by Gasteiger charge is 2.10. The van der Waals surface area contributed by atoms with Gasteiger partial charge in [0.25, 0.3) is 0 Å². The average molecular weight is 279 g/mol. The number of hydrogen-bond acceptors (Lipinski definition) is 3. The van der Waals surface area contributed by atoms with Crippen LogP contribution >= 0.6 is 0 Å². The third kappa shape index (κ3) is 5.11. The van der Waals surface area contributed by atoms with Gasteiger partial charge in [0.1, 0.15) is 11.5 Å². The minimum absolute atomic E-state index is 0.0324. The van der Waals surface area contributed by atoms with Crippen LogP contribution in [0.2, 0.25) is 0 Å². The van der Waals surface area contributed by atoms with E-state index >= 15 is 0 Å². The lowest BCUT2D eigenvalue weighted by Crippen LogP contribution is -2.14. The number of carbonyl (C=O) groups is 1. The Morgan fingerprint density at radius 2 is 1.75 bits per heavy atom. The van der Waals surface area contributed by atoms with E-state index < -0.39 is 5.91 Å². The van der Waals surface area contributed by atoms with Gasteiger partial charge in [-0.05, 0) is 31.9 Å². The van der Waals surface area contributed by atoms with Gasteiger partial charge in [-0.2, -0.15) is 0 Å². The smallest absolute Gasteiger partial charge is 0.248 e. The van der Waals surface area contributed by atoms with Gasteiger partial charge in [0, 0.05) is 11.6 Å². The van der Waals surface area contributed by atoms with Crippen molar-refractivity contribution in [1.29, 1.82) is 0 Å².